The molecule has 1 aliphatic carbocycles. The average Bonchev–Trinajstić information content (AvgIpc) is 2.33. The van der Waals surface area contributed by atoms with Gasteiger partial charge in [-0.2, -0.15) is 0 Å². The van der Waals surface area contributed by atoms with Gasteiger partial charge in [-0.3, -0.25) is 4.79 Å². The fourth-order valence-corrected chi connectivity index (χ4v) is 2.01. The lowest BCUT2D eigenvalue weighted by molar-refractivity contribution is -0.117. The molecule has 4 nitrogen and oxygen atoms in total. The first-order chi connectivity index (χ1) is 8.69. The fraction of sp³-hybridized carbons (Fsp3) is 0.429. The average molecular weight is 247 g/mol. The van der Waals surface area contributed by atoms with Crippen molar-refractivity contribution in [2.24, 2.45) is 5.92 Å². The van der Waals surface area contributed by atoms with E-state index in [1.165, 1.54) is 13.5 Å². The first-order valence-electron chi connectivity index (χ1n) is 6.17. The van der Waals surface area contributed by atoms with Crippen LogP contribution in [0.2, 0.25) is 0 Å². The van der Waals surface area contributed by atoms with E-state index in [0.29, 0.717) is 23.6 Å². The molecule has 96 valence electrons. The zero-order chi connectivity index (χ0) is 13.0. The van der Waals surface area contributed by atoms with Crippen LogP contribution in [0.1, 0.15) is 36.0 Å². The van der Waals surface area contributed by atoms with Gasteiger partial charge in [0.15, 0.2) is 0 Å². The van der Waals surface area contributed by atoms with Crippen LogP contribution in [0.15, 0.2) is 24.3 Å². The predicted octanol–water partition coefficient (Wildman–Crippen LogP) is 2.60. The maximum Gasteiger partial charge on any atom is 0.337 e. The van der Waals surface area contributed by atoms with Gasteiger partial charge in [0.2, 0.25) is 5.91 Å². The SMILES string of the molecule is COC(=O)c1cccc(NC(=O)CC2CCC2)c1. The smallest absolute Gasteiger partial charge is 0.337 e. The van der Waals surface area contributed by atoms with Crippen molar-refractivity contribution in [3.8, 4) is 0 Å². The van der Waals surface area contributed by atoms with Crippen molar-refractivity contribution < 1.29 is 14.3 Å². The second kappa shape index (κ2) is 5.67. The van der Waals surface area contributed by atoms with Crippen LogP contribution in [-0.2, 0) is 9.53 Å². The van der Waals surface area contributed by atoms with Crippen molar-refractivity contribution >= 4 is 17.6 Å². The number of hydrogen-bond donors (Lipinski definition) is 1. The summed E-state index contributed by atoms with van der Waals surface area (Å²) < 4.78 is 4.64. The van der Waals surface area contributed by atoms with Crippen LogP contribution < -0.4 is 5.32 Å². The molecule has 18 heavy (non-hydrogen) atoms. The van der Waals surface area contributed by atoms with Crippen molar-refractivity contribution in [1.29, 1.82) is 0 Å². The number of carbonyl (C=O) groups is 2. The normalized spacial score (nSPS) is 14.7. The Kier molecular flexibility index (Phi) is 3.97. The van der Waals surface area contributed by atoms with Crippen molar-refractivity contribution in [3.63, 3.8) is 0 Å². The number of rotatable bonds is 4. The van der Waals surface area contributed by atoms with Crippen LogP contribution in [0.5, 0.6) is 0 Å². The molecule has 0 saturated heterocycles. The third-order valence-electron chi connectivity index (χ3n) is 3.27. The molecule has 0 bridgehead atoms. The highest BCUT2D eigenvalue weighted by Crippen LogP contribution is 2.29. The monoisotopic (exact) mass is 247 g/mol. The molecule has 1 aliphatic rings. The summed E-state index contributed by atoms with van der Waals surface area (Å²) in [6.07, 6.45) is 4.10. The van der Waals surface area contributed by atoms with Crippen LogP contribution in [0, 0.1) is 5.92 Å². The summed E-state index contributed by atoms with van der Waals surface area (Å²) in [5.41, 5.74) is 1.08. The molecule has 1 N–H and O–H groups in total. The molecular formula is C14H17NO3. The lowest BCUT2D eigenvalue weighted by Gasteiger charge is -2.24. The van der Waals surface area contributed by atoms with Gasteiger partial charge >= 0.3 is 5.97 Å². The molecule has 1 fully saturated rings. The van der Waals surface area contributed by atoms with E-state index >= 15 is 0 Å². The van der Waals surface area contributed by atoms with E-state index < -0.39 is 5.97 Å². The van der Waals surface area contributed by atoms with E-state index in [1.54, 1.807) is 24.3 Å². The van der Waals surface area contributed by atoms with Gasteiger partial charge in [0.1, 0.15) is 0 Å². The molecule has 1 aromatic rings. The zero-order valence-corrected chi connectivity index (χ0v) is 10.4. The molecule has 0 aliphatic heterocycles. The number of benzene rings is 1. The van der Waals surface area contributed by atoms with Crippen molar-refractivity contribution in [1.82, 2.24) is 0 Å². The van der Waals surface area contributed by atoms with Crippen molar-refractivity contribution in [2.75, 3.05) is 12.4 Å². The first kappa shape index (κ1) is 12.6. The van der Waals surface area contributed by atoms with Crippen LogP contribution in [0.25, 0.3) is 0 Å². The highest BCUT2D eigenvalue weighted by molar-refractivity contribution is 5.94. The van der Waals surface area contributed by atoms with Gasteiger partial charge in [0, 0.05) is 12.1 Å². The van der Waals surface area contributed by atoms with E-state index in [1.807, 2.05) is 0 Å². The van der Waals surface area contributed by atoms with E-state index in [9.17, 15) is 9.59 Å². The molecule has 1 saturated carbocycles. The third kappa shape index (κ3) is 3.09. The highest BCUT2D eigenvalue weighted by Gasteiger charge is 2.20. The van der Waals surface area contributed by atoms with Crippen LogP contribution in [-0.4, -0.2) is 19.0 Å². The minimum absolute atomic E-state index is 0.0155. The Hall–Kier alpha value is -1.84. The minimum Gasteiger partial charge on any atom is -0.465 e. The Morgan fingerprint density at radius 3 is 2.78 bits per heavy atom. The molecule has 1 amide bonds. The molecule has 0 heterocycles. The van der Waals surface area contributed by atoms with Gasteiger partial charge < -0.3 is 10.1 Å². The number of anilines is 1. The summed E-state index contributed by atoms with van der Waals surface area (Å²) in [6.45, 7) is 0. The third-order valence-corrected chi connectivity index (χ3v) is 3.27. The zero-order valence-electron chi connectivity index (χ0n) is 10.4. The van der Waals surface area contributed by atoms with Crippen molar-refractivity contribution in [3.05, 3.63) is 29.8 Å². The molecule has 0 radical (unpaired) electrons. The van der Waals surface area contributed by atoms with Gasteiger partial charge in [0.25, 0.3) is 0 Å². The number of ether oxygens (including phenoxy) is 1. The molecule has 0 atom stereocenters. The Labute approximate surface area is 106 Å². The number of esters is 1. The molecular weight excluding hydrogens is 230 g/mol. The summed E-state index contributed by atoms with van der Waals surface area (Å²) >= 11 is 0. The van der Waals surface area contributed by atoms with Gasteiger partial charge in [-0.25, -0.2) is 4.79 Å². The highest BCUT2D eigenvalue weighted by atomic mass is 16.5. The standard InChI is InChI=1S/C14H17NO3/c1-18-14(17)11-6-3-7-12(9-11)15-13(16)8-10-4-2-5-10/h3,6-7,9-10H,2,4-5,8H2,1H3,(H,15,16). The summed E-state index contributed by atoms with van der Waals surface area (Å²) in [4.78, 5) is 23.1. The minimum atomic E-state index is -0.398. The second-order valence-corrected chi connectivity index (χ2v) is 4.62. The molecule has 0 aromatic heterocycles. The summed E-state index contributed by atoms with van der Waals surface area (Å²) in [7, 11) is 1.34. The molecule has 0 spiro atoms. The number of methoxy groups -OCH3 is 1. The van der Waals surface area contributed by atoms with E-state index in [4.69, 9.17) is 0 Å². The summed E-state index contributed by atoms with van der Waals surface area (Å²) in [5.74, 6) is 0.153. The molecule has 1 aromatic carbocycles. The van der Waals surface area contributed by atoms with Crippen LogP contribution in [0.3, 0.4) is 0 Å². The van der Waals surface area contributed by atoms with Crippen molar-refractivity contribution in [2.45, 2.75) is 25.7 Å². The lowest BCUT2D eigenvalue weighted by atomic mass is 9.83. The Morgan fingerprint density at radius 2 is 2.17 bits per heavy atom. The lowest BCUT2D eigenvalue weighted by Crippen LogP contribution is -2.21. The number of amides is 1. The van der Waals surface area contributed by atoms with E-state index in [2.05, 4.69) is 10.1 Å². The van der Waals surface area contributed by atoms with E-state index in [0.717, 1.165) is 12.8 Å². The number of nitrogens with one attached hydrogen (secondary N) is 1. The maximum atomic E-state index is 11.7. The van der Waals surface area contributed by atoms with Crippen LogP contribution >= 0.6 is 0 Å². The fourth-order valence-electron chi connectivity index (χ4n) is 2.01. The number of carbonyl (C=O) groups excluding carboxylic acids is 2. The topological polar surface area (TPSA) is 55.4 Å². The predicted molar refractivity (Wildman–Crippen MR) is 68.4 cm³/mol. The Balaban J connectivity index is 1.95. The van der Waals surface area contributed by atoms with Gasteiger partial charge in [-0.15, -0.1) is 0 Å². The van der Waals surface area contributed by atoms with Gasteiger partial charge in [0.05, 0.1) is 12.7 Å². The largest absolute Gasteiger partial charge is 0.465 e. The maximum absolute atomic E-state index is 11.7. The Morgan fingerprint density at radius 1 is 1.39 bits per heavy atom. The summed E-state index contributed by atoms with van der Waals surface area (Å²) in [6, 6.07) is 6.79. The van der Waals surface area contributed by atoms with Gasteiger partial charge in [-0.05, 0) is 37.0 Å². The van der Waals surface area contributed by atoms with Crippen LogP contribution in [0.4, 0.5) is 5.69 Å². The quantitative estimate of drug-likeness (QED) is 0.832. The van der Waals surface area contributed by atoms with Gasteiger partial charge in [-0.1, -0.05) is 12.5 Å². The molecule has 4 heteroatoms. The van der Waals surface area contributed by atoms with E-state index in [-0.39, 0.29) is 5.91 Å². The Bertz CT molecular complexity index is 452. The number of hydrogen-bond acceptors (Lipinski definition) is 3. The first-order valence-corrected chi connectivity index (χ1v) is 6.17. The molecule has 2 rings (SSSR count). The summed E-state index contributed by atoms with van der Waals surface area (Å²) in [5, 5.41) is 2.81. The second-order valence-electron chi connectivity index (χ2n) is 4.62. The molecule has 0 unspecified atom stereocenters.